The number of amides is 1. The van der Waals surface area contributed by atoms with Gasteiger partial charge in [-0.25, -0.2) is 8.42 Å². The molecule has 1 fully saturated rings. The monoisotopic (exact) mass is 297 g/mol. The summed E-state index contributed by atoms with van der Waals surface area (Å²) >= 11 is 0. The third-order valence-electron chi connectivity index (χ3n) is 3.26. The number of sulfonamides is 1. The van der Waals surface area contributed by atoms with Crippen LogP contribution in [-0.2, 0) is 19.6 Å². The van der Waals surface area contributed by atoms with Gasteiger partial charge < -0.3 is 4.74 Å². The van der Waals surface area contributed by atoms with Crippen molar-refractivity contribution in [3.8, 4) is 0 Å². The molecule has 0 spiro atoms. The van der Waals surface area contributed by atoms with E-state index in [1.54, 1.807) is 24.3 Å². The minimum atomic E-state index is -3.59. The number of rotatable bonds is 5. The van der Waals surface area contributed by atoms with Crippen molar-refractivity contribution >= 4 is 15.9 Å². The van der Waals surface area contributed by atoms with E-state index in [2.05, 4.69) is 0 Å². The molecule has 20 heavy (non-hydrogen) atoms. The van der Waals surface area contributed by atoms with Crippen LogP contribution in [0.2, 0.25) is 0 Å². The van der Waals surface area contributed by atoms with Crippen LogP contribution < -0.4 is 4.72 Å². The second-order valence-corrected chi connectivity index (χ2v) is 6.82. The first kappa shape index (κ1) is 15.0. The maximum absolute atomic E-state index is 12.1. The highest BCUT2D eigenvalue weighted by Gasteiger charge is 2.28. The van der Waals surface area contributed by atoms with Crippen LogP contribution in [0, 0.1) is 0 Å². The van der Waals surface area contributed by atoms with Crippen LogP contribution in [0.5, 0.6) is 0 Å². The fourth-order valence-corrected chi connectivity index (χ4v) is 2.85. The van der Waals surface area contributed by atoms with Gasteiger partial charge in [0.1, 0.15) is 0 Å². The molecule has 1 aliphatic rings. The third kappa shape index (κ3) is 4.31. The Morgan fingerprint density at radius 3 is 2.40 bits per heavy atom. The molecule has 1 amide bonds. The second-order valence-electron chi connectivity index (χ2n) is 5.07. The molecule has 0 aliphatic heterocycles. The SMILES string of the molecule is CS(=O)(=O)NC(=O)[C@@H](OC1CCCC1)c1ccccc1. The number of hydrogen-bond acceptors (Lipinski definition) is 4. The molecule has 110 valence electrons. The predicted octanol–water partition coefficient (Wildman–Crippen LogP) is 1.76. The molecule has 2 rings (SSSR count). The molecule has 1 N–H and O–H groups in total. The topological polar surface area (TPSA) is 72.5 Å². The summed E-state index contributed by atoms with van der Waals surface area (Å²) in [4.78, 5) is 12.1. The summed E-state index contributed by atoms with van der Waals surface area (Å²) in [5.41, 5.74) is 0.667. The molecule has 0 heterocycles. The highest BCUT2D eigenvalue weighted by Crippen LogP contribution is 2.28. The summed E-state index contributed by atoms with van der Waals surface area (Å²) in [6.45, 7) is 0. The van der Waals surface area contributed by atoms with E-state index in [0.29, 0.717) is 5.56 Å². The molecular formula is C14H19NO4S. The summed E-state index contributed by atoms with van der Waals surface area (Å²) in [7, 11) is -3.59. The Hall–Kier alpha value is -1.40. The van der Waals surface area contributed by atoms with E-state index < -0.39 is 22.0 Å². The van der Waals surface area contributed by atoms with Gasteiger partial charge in [-0.15, -0.1) is 0 Å². The van der Waals surface area contributed by atoms with E-state index >= 15 is 0 Å². The van der Waals surface area contributed by atoms with E-state index in [0.717, 1.165) is 31.9 Å². The van der Waals surface area contributed by atoms with Crippen molar-refractivity contribution in [1.29, 1.82) is 0 Å². The summed E-state index contributed by atoms with van der Waals surface area (Å²) in [6.07, 6.45) is 4.09. The molecule has 0 saturated heterocycles. The van der Waals surface area contributed by atoms with Gasteiger partial charge in [-0.05, 0) is 18.4 Å². The van der Waals surface area contributed by atoms with Crippen molar-refractivity contribution in [2.24, 2.45) is 0 Å². The normalized spacial score (nSPS) is 17.9. The zero-order valence-electron chi connectivity index (χ0n) is 11.4. The molecule has 0 aromatic heterocycles. The van der Waals surface area contributed by atoms with Crippen LogP contribution >= 0.6 is 0 Å². The molecule has 0 unspecified atom stereocenters. The van der Waals surface area contributed by atoms with E-state index in [1.165, 1.54) is 0 Å². The average Bonchev–Trinajstić information content (AvgIpc) is 2.87. The third-order valence-corrected chi connectivity index (χ3v) is 3.83. The van der Waals surface area contributed by atoms with E-state index in [1.807, 2.05) is 10.8 Å². The molecule has 1 saturated carbocycles. The summed E-state index contributed by atoms with van der Waals surface area (Å²) < 4.78 is 30.3. The van der Waals surface area contributed by atoms with Gasteiger partial charge >= 0.3 is 0 Å². The lowest BCUT2D eigenvalue weighted by atomic mass is 10.1. The lowest BCUT2D eigenvalue weighted by molar-refractivity contribution is -0.135. The highest BCUT2D eigenvalue weighted by molar-refractivity contribution is 7.89. The molecule has 1 aliphatic carbocycles. The van der Waals surface area contributed by atoms with Gasteiger partial charge in [0.2, 0.25) is 10.0 Å². The minimum Gasteiger partial charge on any atom is -0.360 e. The minimum absolute atomic E-state index is 0.0190. The molecule has 6 heteroatoms. The summed E-state index contributed by atoms with van der Waals surface area (Å²) in [5, 5.41) is 0. The van der Waals surface area contributed by atoms with Gasteiger partial charge in [0.25, 0.3) is 5.91 Å². The highest BCUT2D eigenvalue weighted by atomic mass is 32.2. The zero-order valence-corrected chi connectivity index (χ0v) is 12.2. The largest absolute Gasteiger partial charge is 0.360 e. The molecule has 1 aromatic carbocycles. The number of nitrogens with one attached hydrogen (secondary N) is 1. The van der Waals surface area contributed by atoms with Gasteiger partial charge in [0, 0.05) is 0 Å². The number of benzene rings is 1. The van der Waals surface area contributed by atoms with Crippen LogP contribution in [0.1, 0.15) is 37.4 Å². The predicted molar refractivity (Wildman–Crippen MR) is 75.5 cm³/mol. The van der Waals surface area contributed by atoms with Crippen LogP contribution in [-0.4, -0.2) is 26.7 Å². The van der Waals surface area contributed by atoms with Crippen LogP contribution in [0.15, 0.2) is 30.3 Å². The van der Waals surface area contributed by atoms with Crippen LogP contribution in [0.4, 0.5) is 0 Å². The van der Waals surface area contributed by atoms with Crippen molar-refractivity contribution in [2.45, 2.75) is 37.9 Å². The summed E-state index contributed by atoms with van der Waals surface area (Å²) in [5.74, 6) is -0.634. The van der Waals surface area contributed by atoms with Crippen LogP contribution in [0.25, 0.3) is 0 Å². The van der Waals surface area contributed by atoms with Crippen molar-refractivity contribution in [2.75, 3.05) is 6.26 Å². The fourth-order valence-electron chi connectivity index (χ4n) is 2.37. The lowest BCUT2D eigenvalue weighted by Crippen LogP contribution is -2.36. The Balaban J connectivity index is 2.17. The van der Waals surface area contributed by atoms with Gasteiger partial charge in [-0.1, -0.05) is 43.2 Å². The number of ether oxygens (including phenoxy) is 1. The molecular weight excluding hydrogens is 278 g/mol. The number of carbonyl (C=O) groups is 1. The van der Waals surface area contributed by atoms with Crippen molar-refractivity contribution in [3.63, 3.8) is 0 Å². The molecule has 0 radical (unpaired) electrons. The van der Waals surface area contributed by atoms with Gasteiger partial charge in [-0.2, -0.15) is 0 Å². The number of hydrogen-bond donors (Lipinski definition) is 1. The van der Waals surface area contributed by atoms with Crippen LogP contribution in [0.3, 0.4) is 0 Å². The van der Waals surface area contributed by atoms with E-state index in [4.69, 9.17) is 4.74 Å². The maximum Gasteiger partial charge on any atom is 0.267 e. The van der Waals surface area contributed by atoms with Gasteiger partial charge in [0.05, 0.1) is 12.4 Å². The Labute approximate surface area is 119 Å². The van der Waals surface area contributed by atoms with Crippen molar-refractivity contribution in [1.82, 2.24) is 4.72 Å². The van der Waals surface area contributed by atoms with Gasteiger partial charge in [-0.3, -0.25) is 9.52 Å². The Bertz CT molecular complexity index is 550. The Kier molecular flexibility index (Phi) is 4.77. The second kappa shape index (κ2) is 6.37. The molecule has 0 bridgehead atoms. The molecule has 1 aromatic rings. The first-order chi connectivity index (χ1) is 9.46. The van der Waals surface area contributed by atoms with E-state index in [-0.39, 0.29) is 6.10 Å². The first-order valence-electron chi connectivity index (χ1n) is 6.68. The molecule has 5 nitrogen and oxygen atoms in total. The Morgan fingerprint density at radius 2 is 1.85 bits per heavy atom. The average molecular weight is 297 g/mol. The standard InChI is InChI=1S/C14H19NO4S/c1-20(17,18)15-14(16)13(11-7-3-2-4-8-11)19-12-9-5-6-10-12/h2-4,7-8,12-13H,5-6,9-10H2,1H3,(H,15,16)/t13-/m0/s1. The van der Waals surface area contributed by atoms with Crippen molar-refractivity contribution in [3.05, 3.63) is 35.9 Å². The lowest BCUT2D eigenvalue weighted by Gasteiger charge is -2.21. The van der Waals surface area contributed by atoms with Crippen molar-refractivity contribution < 1.29 is 17.9 Å². The number of carbonyl (C=O) groups excluding carboxylic acids is 1. The fraction of sp³-hybridized carbons (Fsp3) is 0.500. The first-order valence-corrected chi connectivity index (χ1v) is 8.57. The Morgan fingerprint density at radius 1 is 1.25 bits per heavy atom. The zero-order chi connectivity index (χ0) is 14.6. The van der Waals surface area contributed by atoms with Gasteiger partial charge in [0.15, 0.2) is 6.10 Å². The molecule has 1 atom stereocenters. The quantitative estimate of drug-likeness (QED) is 0.899. The summed E-state index contributed by atoms with van der Waals surface area (Å²) in [6, 6.07) is 8.97. The smallest absolute Gasteiger partial charge is 0.267 e. The van der Waals surface area contributed by atoms with E-state index in [9.17, 15) is 13.2 Å². The maximum atomic E-state index is 12.1.